The second-order valence-electron chi connectivity index (χ2n) is 3.73. The van der Waals surface area contributed by atoms with Crippen molar-refractivity contribution in [3.05, 3.63) is 35.4 Å². The summed E-state index contributed by atoms with van der Waals surface area (Å²) < 4.78 is 31.8. The molecule has 0 saturated heterocycles. The molecule has 2 unspecified atom stereocenters. The van der Waals surface area contributed by atoms with E-state index >= 15 is 0 Å². The first-order chi connectivity index (χ1) is 7.09. The number of aryl methyl sites for hydroxylation is 1. The predicted molar refractivity (Wildman–Crippen MR) is 58.1 cm³/mol. The Morgan fingerprint density at radius 3 is 2.80 bits per heavy atom. The van der Waals surface area contributed by atoms with Gasteiger partial charge in [-0.3, -0.25) is 0 Å². The number of hydrogen-bond acceptors (Lipinski definition) is 1. The average molecular weight is 230 g/mol. The minimum absolute atomic E-state index is 0.392. The summed E-state index contributed by atoms with van der Waals surface area (Å²) in [5, 5.41) is 0. The summed E-state index contributed by atoms with van der Waals surface area (Å²) in [7, 11) is 1.57. The molecule has 2 rings (SSSR count). The van der Waals surface area contributed by atoms with Crippen LogP contribution in [0.25, 0.3) is 0 Å². The molecular formula is C11H13F2OP. The SMILES string of the molecule is FC(F)(P)C1OCCCc2ccccc21. The highest BCUT2D eigenvalue weighted by atomic mass is 31.0. The molecule has 15 heavy (non-hydrogen) atoms. The van der Waals surface area contributed by atoms with Crippen molar-refractivity contribution >= 4 is 9.24 Å². The maximum atomic E-state index is 13.3. The molecule has 0 bridgehead atoms. The largest absolute Gasteiger partial charge is 0.367 e. The van der Waals surface area contributed by atoms with E-state index in [4.69, 9.17) is 4.74 Å². The molecule has 1 heterocycles. The van der Waals surface area contributed by atoms with Crippen LogP contribution in [0.5, 0.6) is 0 Å². The summed E-state index contributed by atoms with van der Waals surface area (Å²) in [6.07, 6.45) is 0.489. The quantitative estimate of drug-likeness (QED) is 0.673. The lowest BCUT2D eigenvalue weighted by atomic mass is 10.00. The lowest BCUT2D eigenvalue weighted by Crippen LogP contribution is -2.21. The average Bonchev–Trinajstić information content (AvgIpc) is 2.38. The van der Waals surface area contributed by atoms with Crippen molar-refractivity contribution in [3.63, 3.8) is 0 Å². The van der Waals surface area contributed by atoms with Crippen molar-refractivity contribution in [2.45, 2.75) is 24.6 Å². The highest BCUT2D eigenvalue weighted by Crippen LogP contribution is 2.42. The second kappa shape index (κ2) is 4.15. The Labute approximate surface area is 90.0 Å². The Morgan fingerprint density at radius 1 is 1.33 bits per heavy atom. The lowest BCUT2D eigenvalue weighted by molar-refractivity contribution is -0.0791. The van der Waals surface area contributed by atoms with Crippen LogP contribution in [-0.2, 0) is 11.2 Å². The molecule has 1 aromatic carbocycles. The molecule has 1 aliphatic heterocycles. The van der Waals surface area contributed by atoms with Crippen molar-refractivity contribution in [3.8, 4) is 0 Å². The minimum atomic E-state index is -2.90. The van der Waals surface area contributed by atoms with Crippen LogP contribution in [0.4, 0.5) is 8.78 Å². The van der Waals surface area contributed by atoms with E-state index < -0.39 is 11.8 Å². The second-order valence-corrected chi connectivity index (χ2v) is 4.50. The van der Waals surface area contributed by atoms with Gasteiger partial charge in [-0.2, -0.15) is 8.78 Å². The third kappa shape index (κ3) is 2.35. The molecule has 1 nitrogen and oxygen atoms in total. The molecular weight excluding hydrogens is 217 g/mol. The molecule has 1 aliphatic rings. The van der Waals surface area contributed by atoms with Gasteiger partial charge in [-0.15, -0.1) is 0 Å². The van der Waals surface area contributed by atoms with E-state index in [-0.39, 0.29) is 0 Å². The van der Waals surface area contributed by atoms with Gasteiger partial charge in [-0.25, -0.2) is 0 Å². The number of hydrogen-bond donors (Lipinski definition) is 0. The van der Waals surface area contributed by atoms with Gasteiger partial charge in [-0.05, 0) is 24.0 Å². The first kappa shape index (κ1) is 11.0. The Bertz CT molecular complexity index is 349. The van der Waals surface area contributed by atoms with Crippen LogP contribution in [0.3, 0.4) is 0 Å². The Hall–Kier alpha value is -0.530. The van der Waals surface area contributed by atoms with E-state index in [2.05, 4.69) is 0 Å². The van der Waals surface area contributed by atoms with Crippen molar-refractivity contribution in [1.29, 1.82) is 0 Å². The van der Waals surface area contributed by atoms with Crippen LogP contribution >= 0.6 is 9.24 Å². The summed E-state index contributed by atoms with van der Waals surface area (Å²) in [6, 6.07) is 7.27. The summed E-state index contributed by atoms with van der Waals surface area (Å²) in [5.41, 5.74) is -1.31. The minimum Gasteiger partial charge on any atom is -0.367 e. The molecule has 82 valence electrons. The van der Waals surface area contributed by atoms with Crippen LogP contribution in [0, 0.1) is 0 Å². The fourth-order valence-electron chi connectivity index (χ4n) is 1.89. The standard InChI is InChI=1S/C11H13F2OP/c12-11(13,15)10-9-6-2-1-4-8(9)5-3-7-14-10/h1-2,4,6,10H,3,5,7,15H2. The van der Waals surface area contributed by atoms with Gasteiger partial charge in [0.05, 0.1) is 0 Å². The van der Waals surface area contributed by atoms with Gasteiger partial charge >= 0.3 is 0 Å². The molecule has 0 aliphatic carbocycles. The van der Waals surface area contributed by atoms with Crippen LogP contribution in [0.15, 0.2) is 24.3 Å². The molecule has 0 radical (unpaired) electrons. The van der Waals surface area contributed by atoms with Crippen LogP contribution in [-0.4, -0.2) is 12.3 Å². The third-order valence-electron chi connectivity index (χ3n) is 2.56. The number of alkyl halides is 2. The highest BCUT2D eigenvalue weighted by Gasteiger charge is 2.38. The van der Waals surface area contributed by atoms with Crippen molar-refractivity contribution in [1.82, 2.24) is 0 Å². The fraction of sp³-hybridized carbons (Fsp3) is 0.455. The number of halogens is 2. The first-order valence-electron chi connectivity index (χ1n) is 4.95. The summed E-state index contributed by atoms with van der Waals surface area (Å²) in [5.74, 6) is 0. The van der Waals surface area contributed by atoms with Gasteiger partial charge in [0.1, 0.15) is 6.10 Å². The highest BCUT2D eigenvalue weighted by molar-refractivity contribution is 7.18. The Balaban J connectivity index is 2.41. The van der Waals surface area contributed by atoms with Gasteiger partial charge < -0.3 is 4.74 Å². The molecule has 4 heteroatoms. The molecule has 0 fully saturated rings. The van der Waals surface area contributed by atoms with E-state index in [0.29, 0.717) is 12.2 Å². The van der Waals surface area contributed by atoms with E-state index in [1.807, 2.05) is 12.1 Å². The van der Waals surface area contributed by atoms with Crippen LogP contribution in [0.2, 0.25) is 0 Å². The van der Waals surface area contributed by atoms with Gasteiger partial charge in [0.15, 0.2) is 0 Å². The molecule has 0 saturated carbocycles. The summed E-state index contributed by atoms with van der Waals surface area (Å²) >= 11 is 0. The van der Waals surface area contributed by atoms with Gasteiger partial charge in [0, 0.05) is 6.61 Å². The van der Waals surface area contributed by atoms with Gasteiger partial charge in [0.2, 0.25) is 0 Å². The maximum absolute atomic E-state index is 13.3. The molecule has 0 N–H and O–H groups in total. The number of ether oxygens (including phenoxy) is 1. The van der Waals surface area contributed by atoms with E-state index in [9.17, 15) is 8.78 Å². The zero-order valence-corrected chi connectivity index (χ0v) is 9.40. The number of rotatable bonds is 1. The van der Waals surface area contributed by atoms with Crippen LogP contribution in [0.1, 0.15) is 23.7 Å². The topological polar surface area (TPSA) is 9.23 Å². The summed E-state index contributed by atoms with van der Waals surface area (Å²) in [6.45, 7) is 0.392. The monoisotopic (exact) mass is 230 g/mol. The lowest BCUT2D eigenvalue weighted by Gasteiger charge is -2.23. The third-order valence-corrected chi connectivity index (χ3v) is 2.86. The Kier molecular flexibility index (Phi) is 3.03. The number of benzene rings is 1. The molecule has 0 amide bonds. The molecule has 0 spiro atoms. The summed E-state index contributed by atoms with van der Waals surface area (Å²) in [4.78, 5) is 0. The molecule has 1 aromatic rings. The smallest absolute Gasteiger partial charge is 0.288 e. The van der Waals surface area contributed by atoms with Gasteiger partial charge in [0.25, 0.3) is 5.66 Å². The van der Waals surface area contributed by atoms with Gasteiger partial charge in [-0.1, -0.05) is 33.5 Å². The first-order valence-corrected chi connectivity index (χ1v) is 5.53. The van der Waals surface area contributed by atoms with E-state index in [0.717, 1.165) is 18.4 Å². The van der Waals surface area contributed by atoms with Crippen molar-refractivity contribution in [2.24, 2.45) is 0 Å². The van der Waals surface area contributed by atoms with Crippen LogP contribution < -0.4 is 0 Å². The Morgan fingerprint density at radius 2 is 2.07 bits per heavy atom. The normalized spacial score (nSPS) is 21.9. The molecule has 2 atom stereocenters. The van der Waals surface area contributed by atoms with Crippen molar-refractivity contribution < 1.29 is 13.5 Å². The van der Waals surface area contributed by atoms with E-state index in [1.54, 1.807) is 21.4 Å². The predicted octanol–water partition coefficient (Wildman–Crippen LogP) is 3.16. The number of fused-ring (bicyclic) bond motifs is 1. The zero-order chi connectivity index (χ0) is 10.9. The maximum Gasteiger partial charge on any atom is 0.288 e. The fourth-order valence-corrected chi connectivity index (χ4v) is 2.17. The van der Waals surface area contributed by atoms with Crippen molar-refractivity contribution in [2.75, 3.05) is 6.61 Å². The zero-order valence-electron chi connectivity index (χ0n) is 8.25. The van der Waals surface area contributed by atoms with E-state index in [1.165, 1.54) is 0 Å². The molecule has 0 aromatic heterocycles.